The minimum atomic E-state index is 0.219. The molecule has 0 amide bonds. The van der Waals surface area contributed by atoms with Gasteiger partial charge in [-0.15, -0.1) is 0 Å². The van der Waals surface area contributed by atoms with Crippen LogP contribution in [0, 0.1) is 0 Å². The summed E-state index contributed by atoms with van der Waals surface area (Å²) >= 11 is 0. The summed E-state index contributed by atoms with van der Waals surface area (Å²) in [5, 5.41) is 14.0. The van der Waals surface area contributed by atoms with Crippen molar-refractivity contribution in [3.8, 4) is 5.75 Å². The predicted octanol–water partition coefficient (Wildman–Crippen LogP) is 2.66. The molecule has 2 rings (SSSR count). The van der Waals surface area contributed by atoms with Crippen molar-refractivity contribution in [2.45, 2.75) is 19.8 Å². The average Bonchev–Trinajstić information content (AvgIpc) is 2.46. The lowest BCUT2D eigenvalue weighted by molar-refractivity contribution is 0.378. The van der Waals surface area contributed by atoms with Gasteiger partial charge in [-0.3, -0.25) is 0 Å². The average molecular weight is 177 g/mol. The second kappa shape index (κ2) is 2.76. The van der Waals surface area contributed by atoms with E-state index >= 15 is 0 Å². The minimum absolute atomic E-state index is 0.219. The summed E-state index contributed by atoms with van der Waals surface area (Å²) in [6, 6.07) is 5.08. The van der Waals surface area contributed by atoms with Crippen LogP contribution in [0.1, 0.15) is 25.5 Å². The number of aromatic nitrogens is 1. The number of phenols is 1. The zero-order valence-electron chi connectivity index (χ0n) is 7.61. The molecule has 1 aromatic carbocycles. The number of aromatic hydroxyl groups is 1. The molecule has 0 spiro atoms. The normalized spacial score (nSPS) is 11.3. The zero-order valence-corrected chi connectivity index (χ0v) is 7.61. The molecule has 3 nitrogen and oxygen atoms in total. The highest BCUT2D eigenvalue weighted by Gasteiger charge is 2.11. The van der Waals surface area contributed by atoms with Gasteiger partial charge < -0.3 is 9.63 Å². The lowest BCUT2D eigenvalue weighted by atomic mass is 10.1. The summed E-state index contributed by atoms with van der Waals surface area (Å²) in [6.45, 7) is 4.10. The summed E-state index contributed by atoms with van der Waals surface area (Å²) in [5.74, 6) is 1.40. The Balaban J connectivity index is 2.69. The maximum atomic E-state index is 9.20. The molecule has 0 bridgehead atoms. The summed E-state index contributed by atoms with van der Waals surface area (Å²) in [4.78, 5) is 0. The van der Waals surface area contributed by atoms with Crippen LogP contribution in [0.25, 0.3) is 10.9 Å². The van der Waals surface area contributed by atoms with Crippen molar-refractivity contribution in [3.05, 3.63) is 24.0 Å². The molecule has 0 aliphatic rings. The van der Waals surface area contributed by atoms with Gasteiger partial charge in [-0.2, -0.15) is 0 Å². The maximum Gasteiger partial charge on any atom is 0.147 e. The predicted molar refractivity (Wildman–Crippen MR) is 49.8 cm³/mol. The molecule has 0 unspecified atom stereocenters. The Morgan fingerprint density at radius 3 is 2.85 bits per heavy atom. The lowest BCUT2D eigenvalue weighted by Crippen LogP contribution is -1.82. The monoisotopic (exact) mass is 177 g/mol. The molecule has 1 heterocycles. The van der Waals surface area contributed by atoms with Crippen molar-refractivity contribution in [2.75, 3.05) is 0 Å². The van der Waals surface area contributed by atoms with Gasteiger partial charge in [0.2, 0.25) is 0 Å². The third-order valence-corrected chi connectivity index (χ3v) is 2.01. The van der Waals surface area contributed by atoms with Crippen LogP contribution in [-0.2, 0) is 0 Å². The van der Waals surface area contributed by atoms with Crippen LogP contribution in [0.2, 0.25) is 0 Å². The molecular formula is C10H11NO2. The van der Waals surface area contributed by atoms with Crippen LogP contribution in [0.3, 0.4) is 0 Å². The molecule has 0 saturated carbocycles. The quantitative estimate of drug-likeness (QED) is 0.728. The Morgan fingerprint density at radius 2 is 2.15 bits per heavy atom. The van der Waals surface area contributed by atoms with Gasteiger partial charge in [-0.25, -0.2) is 0 Å². The first kappa shape index (κ1) is 8.10. The Kier molecular flexibility index (Phi) is 1.72. The second-order valence-electron chi connectivity index (χ2n) is 3.40. The molecule has 0 aliphatic carbocycles. The lowest BCUT2D eigenvalue weighted by Gasteiger charge is -1.97. The fourth-order valence-corrected chi connectivity index (χ4v) is 1.37. The van der Waals surface area contributed by atoms with Crippen molar-refractivity contribution in [1.82, 2.24) is 5.16 Å². The van der Waals surface area contributed by atoms with E-state index in [9.17, 15) is 5.11 Å². The number of hydrogen-bond acceptors (Lipinski definition) is 3. The van der Waals surface area contributed by atoms with Gasteiger partial charge in [0.1, 0.15) is 17.0 Å². The molecule has 2 aromatic rings. The molecule has 0 saturated heterocycles. The van der Waals surface area contributed by atoms with Crippen molar-refractivity contribution < 1.29 is 9.63 Å². The Bertz CT molecular complexity index is 431. The summed E-state index contributed by atoms with van der Waals surface area (Å²) in [6.07, 6.45) is 0. The number of benzene rings is 1. The molecule has 1 aromatic heterocycles. The van der Waals surface area contributed by atoms with E-state index in [0.717, 1.165) is 11.1 Å². The first-order valence-electron chi connectivity index (χ1n) is 4.27. The number of phenolic OH excluding ortho intramolecular Hbond substituents is 1. The highest BCUT2D eigenvalue weighted by molar-refractivity contribution is 5.82. The van der Waals surface area contributed by atoms with E-state index in [4.69, 9.17) is 4.52 Å². The number of fused-ring (bicyclic) bond motifs is 1. The van der Waals surface area contributed by atoms with Crippen molar-refractivity contribution >= 4 is 10.9 Å². The van der Waals surface area contributed by atoms with E-state index in [1.54, 1.807) is 12.1 Å². The minimum Gasteiger partial charge on any atom is -0.508 e. The number of nitrogens with zero attached hydrogens (tertiary/aromatic N) is 1. The molecule has 68 valence electrons. The van der Waals surface area contributed by atoms with Gasteiger partial charge in [0.15, 0.2) is 0 Å². The van der Waals surface area contributed by atoms with Gasteiger partial charge in [0, 0.05) is 17.4 Å². The van der Waals surface area contributed by atoms with Gasteiger partial charge in [-0.1, -0.05) is 19.0 Å². The third-order valence-electron chi connectivity index (χ3n) is 2.01. The highest BCUT2D eigenvalue weighted by Crippen LogP contribution is 2.27. The van der Waals surface area contributed by atoms with E-state index in [0.29, 0.717) is 11.4 Å². The first-order chi connectivity index (χ1) is 6.18. The van der Waals surface area contributed by atoms with E-state index in [2.05, 4.69) is 5.16 Å². The van der Waals surface area contributed by atoms with Crippen LogP contribution in [0.4, 0.5) is 0 Å². The van der Waals surface area contributed by atoms with Gasteiger partial charge in [0.25, 0.3) is 0 Å². The van der Waals surface area contributed by atoms with Crippen molar-refractivity contribution in [1.29, 1.82) is 0 Å². The largest absolute Gasteiger partial charge is 0.508 e. The van der Waals surface area contributed by atoms with Crippen LogP contribution in [-0.4, -0.2) is 10.3 Å². The van der Waals surface area contributed by atoms with E-state index < -0.39 is 0 Å². The maximum absolute atomic E-state index is 9.20. The molecule has 0 atom stereocenters. The molecule has 0 aliphatic heterocycles. The summed E-state index contributed by atoms with van der Waals surface area (Å²) in [7, 11) is 0. The van der Waals surface area contributed by atoms with Crippen molar-refractivity contribution in [2.24, 2.45) is 0 Å². The van der Waals surface area contributed by atoms with Crippen LogP contribution in [0.15, 0.2) is 22.7 Å². The molecular weight excluding hydrogens is 166 g/mol. The van der Waals surface area contributed by atoms with Gasteiger partial charge in [-0.05, 0) is 12.1 Å². The Hall–Kier alpha value is -1.51. The van der Waals surface area contributed by atoms with Gasteiger partial charge >= 0.3 is 0 Å². The topological polar surface area (TPSA) is 46.3 Å². The van der Waals surface area contributed by atoms with E-state index in [-0.39, 0.29) is 5.75 Å². The van der Waals surface area contributed by atoms with Crippen LogP contribution < -0.4 is 0 Å². The summed E-state index contributed by atoms with van der Waals surface area (Å²) in [5.41, 5.74) is 0.712. The van der Waals surface area contributed by atoms with E-state index in [1.165, 1.54) is 0 Å². The second-order valence-corrected chi connectivity index (χ2v) is 3.40. The highest BCUT2D eigenvalue weighted by atomic mass is 16.5. The number of hydrogen-bond donors (Lipinski definition) is 1. The SMILES string of the molecule is CC(C)c1onc2cc(O)ccc12. The smallest absolute Gasteiger partial charge is 0.147 e. The Morgan fingerprint density at radius 1 is 1.38 bits per heavy atom. The molecule has 3 heteroatoms. The van der Waals surface area contributed by atoms with Crippen LogP contribution in [0.5, 0.6) is 5.75 Å². The standard InChI is InChI=1S/C10H11NO2/c1-6(2)10-8-4-3-7(12)5-9(8)11-13-10/h3-6,12H,1-2H3. The fraction of sp³-hybridized carbons (Fsp3) is 0.300. The Labute approximate surface area is 76.0 Å². The first-order valence-corrected chi connectivity index (χ1v) is 4.27. The van der Waals surface area contributed by atoms with Gasteiger partial charge in [0.05, 0.1) is 0 Å². The molecule has 13 heavy (non-hydrogen) atoms. The summed E-state index contributed by atoms with van der Waals surface area (Å²) < 4.78 is 5.17. The molecule has 1 N–H and O–H groups in total. The zero-order chi connectivity index (χ0) is 9.42. The van der Waals surface area contributed by atoms with Crippen LogP contribution >= 0.6 is 0 Å². The fourth-order valence-electron chi connectivity index (χ4n) is 1.37. The molecule has 0 radical (unpaired) electrons. The molecule has 0 fully saturated rings. The third kappa shape index (κ3) is 1.26. The number of rotatable bonds is 1. The van der Waals surface area contributed by atoms with Crippen molar-refractivity contribution in [3.63, 3.8) is 0 Å². The van der Waals surface area contributed by atoms with E-state index in [1.807, 2.05) is 19.9 Å².